The van der Waals surface area contributed by atoms with Crippen molar-refractivity contribution in [1.29, 1.82) is 0 Å². The molecule has 2 heterocycles. The Labute approximate surface area is 190 Å². The summed E-state index contributed by atoms with van der Waals surface area (Å²) in [6.07, 6.45) is 0. The first kappa shape index (κ1) is 23.6. The number of hydrogen-bond donors (Lipinski definition) is 0. The van der Waals surface area contributed by atoms with E-state index in [1.807, 2.05) is 0 Å². The fraction of sp³-hybridized carbons (Fsp3) is 0.444. The Morgan fingerprint density at radius 1 is 1.23 bits per heavy atom. The third kappa shape index (κ3) is 6.21. The molecule has 1 aromatic carbocycles. The standard InChI is InChI=1S/C18H20BrN3O7S2/c1-28-17(25)9-22-13-3-2-12(19)8-14(13)30-18(22)20-15(23)10-31(26,27)11-16(24)21-4-6-29-7-5-21/h2-3,8H,4-7,9-11H2,1H3. The van der Waals surface area contributed by atoms with Crippen LogP contribution in [0.4, 0.5) is 0 Å². The van der Waals surface area contributed by atoms with Crippen molar-refractivity contribution in [2.45, 2.75) is 6.54 Å². The summed E-state index contributed by atoms with van der Waals surface area (Å²) < 4.78 is 37.6. The van der Waals surface area contributed by atoms with Gasteiger partial charge in [-0.1, -0.05) is 27.3 Å². The maximum atomic E-state index is 12.4. The number of esters is 1. The Balaban J connectivity index is 1.83. The number of rotatable bonds is 6. The predicted molar refractivity (Wildman–Crippen MR) is 116 cm³/mol. The monoisotopic (exact) mass is 533 g/mol. The van der Waals surface area contributed by atoms with Gasteiger partial charge in [-0.05, 0) is 18.2 Å². The summed E-state index contributed by atoms with van der Waals surface area (Å²) in [7, 11) is -2.76. The summed E-state index contributed by atoms with van der Waals surface area (Å²) in [5.41, 5.74) is 0.649. The highest BCUT2D eigenvalue weighted by molar-refractivity contribution is 9.10. The first-order valence-electron chi connectivity index (χ1n) is 9.18. The molecule has 0 aliphatic carbocycles. The van der Waals surface area contributed by atoms with E-state index in [-0.39, 0.29) is 11.3 Å². The van der Waals surface area contributed by atoms with E-state index < -0.39 is 39.1 Å². The van der Waals surface area contributed by atoms with Crippen molar-refractivity contribution in [1.82, 2.24) is 9.47 Å². The molecule has 0 spiro atoms. The molecule has 0 N–H and O–H groups in total. The number of methoxy groups -OCH3 is 1. The molecule has 0 radical (unpaired) electrons. The molecule has 31 heavy (non-hydrogen) atoms. The molecular weight excluding hydrogens is 514 g/mol. The van der Waals surface area contributed by atoms with Gasteiger partial charge in [-0.15, -0.1) is 0 Å². The second-order valence-electron chi connectivity index (χ2n) is 6.69. The van der Waals surface area contributed by atoms with E-state index in [1.54, 1.807) is 18.2 Å². The van der Waals surface area contributed by atoms with Crippen molar-refractivity contribution in [2.75, 3.05) is 44.9 Å². The lowest BCUT2D eigenvalue weighted by Crippen LogP contribution is -2.43. The third-order valence-corrected chi connectivity index (χ3v) is 7.34. The number of nitrogens with zero attached hydrogens (tertiary/aromatic N) is 3. The maximum absolute atomic E-state index is 12.4. The number of ether oxygens (including phenoxy) is 2. The van der Waals surface area contributed by atoms with Gasteiger partial charge in [-0.25, -0.2) is 8.42 Å². The molecule has 168 valence electrons. The maximum Gasteiger partial charge on any atom is 0.325 e. The zero-order chi connectivity index (χ0) is 22.6. The Bertz CT molecular complexity index is 1180. The summed E-state index contributed by atoms with van der Waals surface area (Å²) in [6.45, 7) is 1.15. The zero-order valence-corrected chi connectivity index (χ0v) is 19.8. The lowest BCUT2D eigenvalue weighted by Gasteiger charge is -2.26. The molecule has 0 bridgehead atoms. The van der Waals surface area contributed by atoms with E-state index in [4.69, 9.17) is 9.47 Å². The van der Waals surface area contributed by atoms with E-state index in [0.717, 1.165) is 20.5 Å². The van der Waals surface area contributed by atoms with E-state index >= 15 is 0 Å². The van der Waals surface area contributed by atoms with Crippen molar-refractivity contribution < 1.29 is 32.3 Å². The number of carbonyl (C=O) groups excluding carboxylic acids is 3. The molecule has 2 aromatic rings. The Kier molecular flexibility index (Phi) is 7.62. The van der Waals surface area contributed by atoms with E-state index in [9.17, 15) is 22.8 Å². The van der Waals surface area contributed by atoms with E-state index in [2.05, 4.69) is 20.9 Å². The molecule has 1 aliphatic heterocycles. The highest BCUT2D eigenvalue weighted by Crippen LogP contribution is 2.22. The molecule has 13 heteroatoms. The molecule has 2 amide bonds. The number of morpholine rings is 1. The summed E-state index contributed by atoms with van der Waals surface area (Å²) in [5, 5.41) is 0. The van der Waals surface area contributed by atoms with Gasteiger partial charge in [0.2, 0.25) is 5.91 Å². The molecule has 10 nitrogen and oxygen atoms in total. The van der Waals surface area contributed by atoms with Crippen molar-refractivity contribution in [2.24, 2.45) is 4.99 Å². The smallest absolute Gasteiger partial charge is 0.325 e. The van der Waals surface area contributed by atoms with Crippen LogP contribution in [0.2, 0.25) is 0 Å². The van der Waals surface area contributed by atoms with Crippen molar-refractivity contribution >= 4 is 65.1 Å². The first-order chi connectivity index (χ1) is 14.7. The second-order valence-corrected chi connectivity index (χ2v) is 10.7. The van der Waals surface area contributed by atoms with Crippen LogP contribution in [0.1, 0.15) is 0 Å². The third-order valence-electron chi connectivity index (χ3n) is 4.43. The molecule has 0 saturated carbocycles. The largest absolute Gasteiger partial charge is 0.468 e. The normalized spacial score (nSPS) is 15.3. The van der Waals surface area contributed by atoms with Gasteiger partial charge in [-0.2, -0.15) is 4.99 Å². The number of sulfone groups is 1. The number of hydrogen-bond acceptors (Lipinski definition) is 8. The van der Waals surface area contributed by atoms with Crippen LogP contribution in [0.25, 0.3) is 10.2 Å². The molecule has 1 aromatic heterocycles. The van der Waals surface area contributed by atoms with E-state index in [0.29, 0.717) is 31.8 Å². The average molecular weight is 534 g/mol. The number of aromatic nitrogens is 1. The van der Waals surface area contributed by atoms with Gasteiger partial charge in [0.1, 0.15) is 18.1 Å². The molecule has 1 saturated heterocycles. The minimum atomic E-state index is -4.01. The Morgan fingerprint density at radius 2 is 1.94 bits per heavy atom. The fourth-order valence-corrected chi connectivity index (χ4v) is 5.65. The number of amides is 2. The minimum Gasteiger partial charge on any atom is -0.468 e. The van der Waals surface area contributed by atoms with Crippen LogP contribution in [-0.2, 0) is 40.2 Å². The van der Waals surface area contributed by atoms with Crippen molar-refractivity contribution in [3.8, 4) is 0 Å². The number of fused-ring (bicyclic) bond motifs is 1. The van der Waals surface area contributed by atoms with Gasteiger partial charge in [-0.3, -0.25) is 14.4 Å². The van der Waals surface area contributed by atoms with Crippen LogP contribution in [0.15, 0.2) is 27.7 Å². The Hall–Kier alpha value is -2.09. The van der Waals surface area contributed by atoms with Crippen LogP contribution in [0.3, 0.4) is 0 Å². The lowest BCUT2D eigenvalue weighted by atomic mass is 10.3. The summed E-state index contributed by atoms with van der Waals surface area (Å²) >= 11 is 4.50. The number of carbonyl (C=O) groups is 3. The number of benzene rings is 1. The number of halogens is 1. The van der Waals surface area contributed by atoms with Crippen LogP contribution in [0, 0.1) is 0 Å². The van der Waals surface area contributed by atoms with Crippen LogP contribution in [-0.4, -0.2) is 80.6 Å². The average Bonchev–Trinajstić information content (AvgIpc) is 3.03. The second kappa shape index (κ2) is 10.0. The van der Waals surface area contributed by atoms with Crippen molar-refractivity contribution in [3.05, 3.63) is 27.5 Å². The van der Waals surface area contributed by atoms with Gasteiger partial charge in [0.05, 0.1) is 30.5 Å². The predicted octanol–water partition coefficient (Wildman–Crippen LogP) is 0.339. The zero-order valence-electron chi connectivity index (χ0n) is 16.6. The topological polar surface area (TPSA) is 124 Å². The molecule has 1 fully saturated rings. The first-order valence-corrected chi connectivity index (χ1v) is 12.6. The summed E-state index contributed by atoms with van der Waals surface area (Å²) in [6, 6.07) is 5.32. The molecular formula is C18H20BrN3O7S2. The quantitative estimate of drug-likeness (QED) is 0.490. The molecule has 3 rings (SSSR count). The molecule has 1 aliphatic rings. The van der Waals surface area contributed by atoms with Crippen LogP contribution >= 0.6 is 27.3 Å². The Morgan fingerprint density at radius 3 is 2.61 bits per heavy atom. The van der Waals surface area contributed by atoms with Gasteiger partial charge in [0, 0.05) is 17.6 Å². The number of thiazole rings is 1. The molecule has 0 atom stereocenters. The van der Waals surface area contributed by atoms with E-state index in [1.165, 1.54) is 16.6 Å². The highest BCUT2D eigenvalue weighted by Gasteiger charge is 2.25. The van der Waals surface area contributed by atoms with Crippen LogP contribution in [0.5, 0.6) is 0 Å². The van der Waals surface area contributed by atoms with Crippen LogP contribution < -0.4 is 4.80 Å². The summed E-state index contributed by atoms with van der Waals surface area (Å²) in [4.78, 5) is 41.9. The van der Waals surface area contributed by atoms with Gasteiger partial charge in [0.15, 0.2) is 14.6 Å². The van der Waals surface area contributed by atoms with Gasteiger partial charge < -0.3 is 18.9 Å². The van der Waals surface area contributed by atoms with Crippen molar-refractivity contribution in [3.63, 3.8) is 0 Å². The van der Waals surface area contributed by atoms with Gasteiger partial charge >= 0.3 is 5.97 Å². The lowest BCUT2D eigenvalue weighted by molar-refractivity contribution is -0.141. The van der Waals surface area contributed by atoms with Gasteiger partial charge in [0.25, 0.3) is 5.91 Å². The highest BCUT2D eigenvalue weighted by atomic mass is 79.9. The fourth-order valence-electron chi connectivity index (χ4n) is 2.95. The minimum absolute atomic E-state index is 0.165. The summed E-state index contributed by atoms with van der Waals surface area (Å²) in [5.74, 6) is -3.70. The molecule has 0 unspecified atom stereocenters. The SMILES string of the molecule is COC(=O)Cn1c(=NC(=O)CS(=O)(=O)CC(=O)N2CCOCC2)sc2cc(Br)ccc21.